The number of pyridine rings is 1. The number of aromatic nitrogens is 2. The van der Waals surface area contributed by atoms with Gasteiger partial charge in [0, 0.05) is 32.9 Å². The van der Waals surface area contributed by atoms with Gasteiger partial charge in [-0.15, -0.1) is 0 Å². The van der Waals surface area contributed by atoms with Gasteiger partial charge in [-0.3, -0.25) is 5.43 Å². The minimum Gasteiger partial charge on any atom is -0.355 e. The van der Waals surface area contributed by atoms with E-state index in [1.54, 1.807) is 18.0 Å². The third-order valence-corrected chi connectivity index (χ3v) is 9.03. The van der Waals surface area contributed by atoms with Crippen molar-refractivity contribution >= 4 is 73.0 Å². The molecule has 43 heavy (non-hydrogen) atoms. The van der Waals surface area contributed by atoms with Crippen LogP contribution in [0.15, 0.2) is 118 Å². The Kier molecular flexibility index (Phi) is 7.65. The second kappa shape index (κ2) is 11.9. The van der Waals surface area contributed by atoms with Crippen molar-refractivity contribution in [3.05, 3.63) is 141 Å². The van der Waals surface area contributed by atoms with Gasteiger partial charge in [0.05, 0.1) is 33.8 Å². The largest absolute Gasteiger partial charge is 0.355 e. The summed E-state index contributed by atoms with van der Waals surface area (Å²) in [5.41, 5.74) is 10.5. The van der Waals surface area contributed by atoms with Gasteiger partial charge >= 0.3 is 0 Å². The molecule has 1 aliphatic heterocycles. The predicted molar refractivity (Wildman–Crippen MR) is 181 cm³/mol. The highest BCUT2D eigenvalue weighted by molar-refractivity contribution is 9.10. The Balaban J connectivity index is 1.26. The van der Waals surface area contributed by atoms with Gasteiger partial charge in [-0.2, -0.15) is 5.10 Å². The Hall–Kier alpha value is -4.11. The Morgan fingerprint density at radius 2 is 1.74 bits per heavy atom. The molecular formula is C34H24BrClFN5S. The summed E-state index contributed by atoms with van der Waals surface area (Å²) in [6.45, 7) is 0.552. The number of benzene rings is 4. The van der Waals surface area contributed by atoms with Gasteiger partial charge in [0.15, 0.2) is 5.50 Å². The van der Waals surface area contributed by atoms with E-state index in [1.807, 2.05) is 60.7 Å². The minimum atomic E-state index is -0.256. The summed E-state index contributed by atoms with van der Waals surface area (Å²) in [4.78, 5) is 5.08. The molecule has 5 nitrogen and oxygen atoms in total. The number of para-hydroxylation sites is 1. The zero-order valence-electron chi connectivity index (χ0n) is 22.6. The number of hydrogen-bond donors (Lipinski definition) is 2. The number of hydrogen-bond acceptors (Lipinski definition) is 5. The molecule has 7 rings (SSSR count). The van der Waals surface area contributed by atoms with E-state index in [0.717, 1.165) is 54.4 Å². The van der Waals surface area contributed by atoms with Crippen molar-refractivity contribution in [2.24, 2.45) is 5.10 Å². The van der Waals surface area contributed by atoms with Crippen LogP contribution in [0.5, 0.6) is 0 Å². The average Bonchev–Trinajstić information content (AvgIpc) is 3.62. The summed E-state index contributed by atoms with van der Waals surface area (Å²) in [5, 5.41) is 12.8. The molecule has 0 fully saturated rings. The molecule has 0 bridgehead atoms. The van der Waals surface area contributed by atoms with E-state index in [-0.39, 0.29) is 11.3 Å². The molecule has 2 N–H and O–H groups in total. The van der Waals surface area contributed by atoms with E-state index < -0.39 is 0 Å². The third-order valence-electron chi connectivity index (χ3n) is 7.30. The van der Waals surface area contributed by atoms with Crippen LogP contribution in [-0.4, -0.2) is 21.3 Å². The van der Waals surface area contributed by atoms with Crippen LogP contribution in [0.25, 0.3) is 38.8 Å². The number of nitrogens with zero attached hydrogens (tertiary/aromatic N) is 3. The van der Waals surface area contributed by atoms with Gasteiger partial charge in [0.25, 0.3) is 0 Å². The molecule has 0 radical (unpaired) electrons. The van der Waals surface area contributed by atoms with Crippen molar-refractivity contribution in [3.8, 4) is 11.3 Å². The van der Waals surface area contributed by atoms with E-state index >= 15 is 0 Å². The van der Waals surface area contributed by atoms with Gasteiger partial charge in [-0.05, 0) is 59.0 Å². The maximum atomic E-state index is 13.7. The van der Waals surface area contributed by atoms with Crippen LogP contribution in [-0.2, 0) is 6.54 Å². The first-order valence-corrected chi connectivity index (χ1v) is 15.7. The smallest absolute Gasteiger partial charge is 0.165 e. The molecule has 0 amide bonds. The van der Waals surface area contributed by atoms with Crippen LogP contribution in [0.2, 0.25) is 5.02 Å². The summed E-state index contributed by atoms with van der Waals surface area (Å²) in [6.07, 6.45) is 1.74. The van der Waals surface area contributed by atoms with Crippen molar-refractivity contribution in [2.45, 2.75) is 12.0 Å². The fraction of sp³-hybridized carbons (Fsp3) is 0.0588. The lowest BCUT2D eigenvalue weighted by molar-refractivity contribution is 0.626. The summed E-state index contributed by atoms with van der Waals surface area (Å²) in [5.74, 6) is -0.256. The molecule has 3 heterocycles. The summed E-state index contributed by atoms with van der Waals surface area (Å²) in [7, 11) is 0. The zero-order valence-corrected chi connectivity index (χ0v) is 25.8. The fourth-order valence-electron chi connectivity index (χ4n) is 5.30. The van der Waals surface area contributed by atoms with Gasteiger partial charge < -0.3 is 9.88 Å². The van der Waals surface area contributed by atoms with Crippen LogP contribution < -0.4 is 10.7 Å². The summed E-state index contributed by atoms with van der Waals surface area (Å²) < 4.78 is 17.0. The molecule has 1 aliphatic rings. The SMILES string of the molecule is Fc1ccc(Cn2c3ccccc3c3cc(/C=N/NC4NC(c5ccc(Br)cc5)=CS4)nc(-c4ccccc4Cl)c32)cc1. The van der Waals surface area contributed by atoms with Crippen molar-refractivity contribution < 1.29 is 4.39 Å². The van der Waals surface area contributed by atoms with Crippen LogP contribution in [0, 0.1) is 5.82 Å². The molecule has 4 aromatic carbocycles. The first kappa shape index (κ1) is 27.7. The van der Waals surface area contributed by atoms with E-state index in [0.29, 0.717) is 17.3 Å². The number of rotatable bonds is 7. The van der Waals surface area contributed by atoms with E-state index in [1.165, 1.54) is 12.1 Å². The fourth-order valence-corrected chi connectivity index (χ4v) is 6.58. The van der Waals surface area contributed by atoms with E-state index in [4.69, 9.17) is 16.6 Å². The summed E-state index contributed by atoms with van der Waals surface area (Å²) in [6, 6.07) is 32.9. The van der Waals surface area contributed by atoms with Crippen LogP contribution in [0.1, 0.15) is 16.8 Å². The maximum Gasteiger partial charge on any atom is 0.165 e. The van der Waals surface area contributed by atoms with Crippen molar-refractivity contribution in [1.29, 1.82) is 0 Å². The normalized spacial score (nSPS) is 14.9. The van der Waals surface area contributed by atoms with Crippen molar-refractivity contribution in [1.82, 2.24) is 20.3 Å². The predicted octanol–water partition coefficient (Wildman–Crippen LogP) is 9.00. The maximum absolute atomic E-state index is 13.7. The molecule has 6 aromatic rings. The molecule has 0 aliphatic carbocycles. The molecule has 1 atom stereocenters. The van der Waals surface area contributed by atoms with E-state index in [2.05, 4.69) is 72.1 Å². The van der Waals surface area contributed by atoms with Gasteiger partial charge in [-0.1, -0.05) is 100.0 Å². The first-order chi connectivity index (χ1) is 21.0. The quantitative estimate of drug-likeness (QED) is 0.132. The molecule has 0 saturated carbocycles. The Morgan fingerprint density at radius 3 is 2.56 bits per heavy atom. The highest BCUT2D eigenvalue weighted by Crippen LogP contribution is 2.38. The molecule has 212 valence electrons. The van der Waals surface area contributed by atoms with Crippen LogP contribution in [0.4, 0.5) is 4.39 Å². The highest BCUT2D eigenvalue weighted by atomic mass is 79.9. The molecule has 0 saturated heterocycles. The lowest BCUT2D eigenvalue weighted by atomic mass is 10.1. The van der Waals surface area contributed by atoms with Crippen molar-refractivity contribution in [3.63, 3.8) is 0 Å². The standard InChI is InChI=1S/C34H24BrClFN5S/c35-23-13-11-22(12-14-23)30-20-43-34(40-30)41-38-18-25-17-28-26-5-2-4-8-31(26)42(19-21-9-15-24(37)16-10-21)33(28)32(39-25)27-6-1-3-7-29(27)36/h1-18,20,34,40-41H,19H2/b38-18+. The second-order valence-electron chi connectivity index (χ2n) is 10.1. The lowest BCUT2D eigenvalue weighted by Gasteiger charge is -2.13. The molecule has 9 heteroatoms. The monoisotopic (exact) mass is 667 g/mol. The second-order valence-corrected chi connectivity index (χ2v) is 12.4. The van der Waals surface area contributed by atoms with Gasteiger partial charge in [0.2, 0.25) is 0 Å². The molecular weight excluding hydrogens is 645 g/mol. The Bertz CT molecular complexity index is 2020. The molecule has 0 spiro atoms. The Morgan fingerprint density at radius 1 is 0.977 bits per heavy atom. The number of thioether (sulfide) groups is 1. The minimum absolute atomic E-state index is 0.112. The Labute approximate surface area is 265 Å². The van der Waals surface area contributed by atoms with E-state index in [9.17, 15) is 4.39 Å². The molecule has 2 aromatic heterocycles. The van der Waals surface area contributed by atoms with Crippen LogP contribution >= 0.6 is 39.3 Å². The molecule has 1 unspecified atom stereocenters. The third kappa shape index (κ3) is 5.66. The average molecular weight is 669 g/mol. The number of halogens is 3. The van der Waals surface area contributed by atoms with Crippen LogP contribution in [0.3, 0.4) is 0 Å². The van der Waals surface area contributed by atoms with Gasteiger partial charge in [0.1, 0.15) is 5.82 Å². The number of fused-ring (bicyclic) bond motifs is 3. The lowest BCUT2D eigenvalue weighted by Crippen LogP contribution is -2.31. The number of hydrazone groups is 1. The zero-order chi connectivity index (χ0) is 29.3. The summed E-state index contributed by atoms with van der Waals surface area (Å²) >= 11 is 11.9. The van der Waals surface area contributed by atoms with Gasteiger partial charge in [-0.25, -0.2) is 9.37 Å². The topological polar surface area (TPSA) is 54.2 Å². The first-order valence-electron chi connectivity index (χ1n) is 13.6. The highest BCUT2D eigenvalue weighted by Gasteiger charge is 2.20. The number of nitrogens with one attached hydrogen (secondary N) is 2. The van der Waals surface area contributed by atoms with Crippen molar-refractivity contribution in [2.75, 3.05) is 0 Å².